The summed E-state index contributed by atoms with van der Waals surface area (Å²) in [6, 6.07) is 0.567. The van der Waals surface area contributed by atoms with Gasteiger partial charge in [0.25, 0.3) is 0 Å². The van der Waals surface area contributed by atoms with E-state index in [-0.39, 0.29) is 0 Å². The molecule has 2 unspecified atom stereocenters. The Morgan fingerprint density at radius 2 is 1.78 bits per heavy atom. The standard InChI is InChI=1S/C16H33NO/c1-5-8-15(18-4)16(17-7-3)14-11-9-13(6-2)10-12-14/h13-17H,5-12H2,1-4H3. The molecule has 2 nitrogen and oxygen atoms in total. The fourth-order valence-electron chi connectivity index (χ4n) is 3.52. The van der Waals surface area contributed by atoms with Gasteiger partial charge in [-0.1, -0.05) is 46.5 Å². The molecule has 2 atom stereocenters. The molecule has 108 valence electrons. The maximum absolute atomic E-state index is 5.75. The highest BCUT2D eigenvalue weighted by molar-refractivity contribution is 4.87. The smallest absolute Gasteiger partial charge is 0.0726 e. The van der Waals surface area contributed by atoms with Gasteiger partial charge in [0, 0.05) is 13.2 Å². The highest BCUT2D eigenvalue weighted by Crippen LogP contribution is 2.34. The Hall–Kier alpha value is -0.0800. The van der Waals surface area contributed by atoms with Crippen molar-refractivity contribution in [2.75, 3.05) is 13.7 Å². The van der Waals surface area contributed by atoms with E-state index in [4.69, 9.17) is 4.74 Å². The lowest BCUT2D eigenvalue weighted by molar-refractivity contribution is 0.0299. The van der Waals surface area contributed by atoms with Crippen molar-refractivity contribution < 1.29 is 4.74 Å². The molecule has 18 heavy (non-hydrogen) atoms. The summed E-state index contributed by atoms with van der Waals surface area (Å²) in [5.41, 5.74) is 0. The summed E-state index contributed by atoms with van der Waals surface area (Å²) in [5.74, 6) is 1.81. The van der Waals surface area contributed by atoms with Crippen molar-refractivity contribution in [3.05, 3.63) is 0 Å². The van der Waals surface area contributed by atoms with E-state index >= 15 is 0 Å². The summed E-state index contributed by atoms with van der Waals surface area (Å²) >= 11 is 0. The number of likely N-dealkylation sites (N-methyl/N-ethyl adjacent to an activating group) is 1. The van der Waals surface area contributed by atoms with Gasteiger partial charge in [-0.15, -0.1) is 0 Å². The molecule has 0 aromatic carbocycles. The van der Waals surface area contributed by atoms with Gasteiger partial charge >= 0.3 is 0 Å². The number of nitrogens with one attached hydrogen (secondary N) is 1. The van der Waals surface area contributed by atoms with Gasteiger partial charge in [0.2, 0.25) is 0 Å². The first kappa shape index (κ1) is 16.0. The third-order valence-corrected chi connectivity index (χ3v) is 4.69. The fraction of sp³-hybridized carbons (Fsp3) is 1.00. The Bertz CT molecular complexity index is 199. The second-order valence-electron chi connectivity index (χ2n) is 5.84. The number of hydrogen-bond acceptors (Lipinski definition) is 2. The molecule has 0 spiro atoms. The average molecular weight is 255 g/mol. The van der Waals surface area contributed by atoms with E-state index < -0.39 is 0 Å². The van der Waals surface area contributed by atoms with Crippen molar-refractivity contribution in [2.24, 2.45) is 11.8 Å². The molecule has 0 amide bonds. The zero-order chi connectivity index (χ0) is 13.4. The van der Waals surface area contributed by atoms with Crippen molar-refractivity contribution in [3.8, 4) is 0 Å². The maximum atomic E-state index is 5.75. The molecule has 1 rings (SSSR count). The van der Waals surface area contributed by atoms with Gasteiger partial charge in [-0.2, -0.15) is 0 Å². The van der Waals surface area contributed by atoms with Crippen LogP contribution < -0.4 is 5.32 Å². The monoisotopic (exact) mass is 255 g/mol. The van der Waals surface area contributed by atoms with Crippen LogP contribution in [0.2, 0.25) is 0 Å². The van der Waals surface area contributed by atoms with Gasteiger partial charge in [0.15, 0.2) is 0 Å². The van der Waals surface area contributed by atoms with E-state index in [1.165, 1.54) is 44.9 Å². The SMILES string of the molecule is CCCC(OC)C(NCC)C1CCC(CC)CC1. The molecule has 1 aliphatic rings. The van der Waals surface area contributed by atoms with Crippen LogP contribution in [0.15, 0.2) is 0 Å². The number of hydrogen-bond donors (Lipinski definition) is 1. The molecule has 1 fully saturated rings. The van der Waals surface area contributed by atoms with Crippen molar-refractivity contribution >= 4 is 0 Å². The van der Waals surface area contributed by atoms with E-state index in [1.54, 1.807) is 0 Å². The second kappa shape index (κ2) is 8.92. The van der Waals surface area contributed by atoms with Gasteiger partial charge in [0.1, 0.15) is 0 Å². The fourth-order valence-corrected chi connectivity index (χ4v) is 3.52. The molecule has 0 aromatic heterocycles. The molecule has 0 bridgehead atoms. The van der Waals surface area contributed by atoms with Crippen LogP contribution in [-0.4, -0.2) is 25.8 Å². The van der Waals surface area contributed by atoms with Gasteiger partial charge in [0.05, 0.1) is 6.10 Å². The largest absolute Gasteiger partial charge is 0.380 e. The predicted octanol–water partition coefficient (Wildman–Crippen LogP) is 4.00. The summed E-state index contributed by atoms with van der Waals surface area (Å²) < 4.78 is 5.75. The molecule has 0 radical (unpaired) electrons. The Kier molecular flexibility index (Phi) is 7.92. The van der Waals surface area contributed by atoms with E-state index in [2.05, 4.69) is 26.1 Å². The Balaban J connectivity index is 2.55. The third kappa shape index (κ3) is 4.55. The molecule has 0 aliphatic heterocycles. The first-order valence-corrected chi connectivity index (χ1v) is 8.02. The van der Waals surface area contributed by atoms with Crippen molar-refractivity contribution in [1.29, 1.82) is 0 Å². The molecular weight excluding hydrogens is 222 g/mol. The summed E-state index contributed by atoms with van der Waals surface area (Å²) in [5, 5.41) is 3.70. The minimum absolute atomic E-state index is 0.401. The Morgan fingerprint density at radius 3 is 2.22 bits per heavy atom. The highest BCUT2D eigenvalue weighted by atomic mass is 16.5. The van der Waals surface area contributed by atoms with Gasteiger partial charge in [-0.3, -0.25) is 0 Å². The molecular formula is C16H33NO. The molecule has 0 heterocycles. The summed E-state index contributed by atoms with van der Waals surface area (Å²) in [7, 11) is 1.88. The molecule has 0 saturated heterocycles. The third-order valence-electron chi connectivity index (χ3n) is 4.69. The average Bonchev–Trinajstić information content (AvgIpc) is 2.43. The van der Waals surface area contributed by atoms with Crippen LogP contribution in [0.25, 0.3) is 0 Å². The Morgan fingerprint density at radius 1 is 1.11 bits per heavy atom. The second-order valence-corrected chi connectivity index (χ2v) is 5.84. The van der Waals surface area contributed by atoms with Crippen molar-refractivity contribution in [1.82, 2.24) is 5.32 Å². The Labute approximate surface area is 114 Å². The summed E-state index contributed by atoms with van der Waals surface area (Å²) in [6.45, 7) is 7.86. The quantitative estimate of drug-likeness (QED) is 0.708. The number of ether oxygens (including phenoxy) is 1. The van der Waals surface area contributed by atoms with E-state index in [1.807, 2.05) is 7.11 Å². The normalized spacial score (nSPS) is 28.0. The van der Waals surface area contributed by atoms with Crippen LogP contribution >= 0.6 is 0 Å². The zero-order valence-electron chi connectivity index (χ0n) is 12.9. The van der Waals surface area contributed by atoms with Crippen LogP contribution in [0.1, 0.15) is 65.7 Å². The van der Waals surface area contributed by atoms with E-state index in [0.29, 0.717) is 12.1 Å². The molecule has 1 saturated carbocycles. The van der Waals surface area contributed by atoms with Crippen LogP contribution in [0.5, 0.6) is 0 Å². The molecule has 1 aliphatic carbocycles. The van der Waals surface area contributed by atoms with Gasteiger partial charge in [-0.05, 0) is 37.6 Å². The minimum atomic E-state index is 0.401. The number of methoxy groups -OCH3 is 1. The lowest BCUT2D eigenvalue weighted by Gasteiger charge is -2.37. The molecule has 2 heteroatoms. The predicted molar refractivity (Wildman–Crippen MR) is 78.9 cm³/mol. The van der Waals surface area contributed by atoms with Gasteiger partial charge < -0.3 is 10.1 Å². The van der Waals surface area contributed by atoms with Crippen molar-refractivity contribution in [2.45, 2.75) is 77.9 Å². The zero-order valence-corrected chi connectivity index (χ0v) is 12.9. The number of rotatable bonds is 8. The molecule has 0 aromatic rings. The van der Waals surface area contributed by atoms with E-state index in [9.17, 15) is 0 Å². The topological polar surface area (TPSA) is 21.3 Å². The maximum Gasteiger partial charge on any atom is 0.0726 e. The van der Waals surface area contributed by atoms with Crippen molar-refractivity contribution in [3.63, 3.8) is 0 Å². The first-order valence-electron chi connectivity index (χ1n) is 8.02. The highest BCUT2D eigenvalue weighted by Gasteiger charge is 2.31. The van der Waals surface area contributed by atoms with Gasteiger partial charge in [-0.25, -0.2) is 0 Å². The first-order chi connectivity index (χ1) is 8.76. The lowest BCUT2D eigenvalue weighted by Crippen LogP contribution is -2.47. The van der Waals surface area contributed by atoms with Crippen LogP contribution in [0.4, 0.5) is 0 Å². The summed E-state index contributed by atoms with van der Waals surface area (Å²) in [6.07, 6.45) is 9.78. The van der Waals surface area contributed by atoms with Crippen LogP contribution in [-0.2, 0) is 4.74 Å². The lowest BCUT2D eigenvalue weighted by atomic mass is 9.76. The molecule has 1 N–H and O–H groups in total. The van der Waals surface area contributed by atoms with E-state index in [0.717, 1.165) is 18.4 Å². The summed E-state index contributed by atoms with van der Waals surface area (Å²) in [4.78, 5) is 0. The van der Waals surface area contributed by atoms with Crippen LogP contribution in [0.3, 0.4) is 0 Å². The minimum Gasteiger partial charge on any atom is -0.380 e. The van der Waals surface area contributed by atoms with Crippen LogP contribution in [0, 0.1) is 11.8 Å².